The largest absolute Gasteiger partial charge is 0.228 e. The average Bonchev–Trinajstić information content (AvgIpc) is 2.08. The van der Waals surface area contributed by atoms with Crippen molar-refractivity contribution in [3.05, 3.63) is 0 Å². The van der Waals surface area contributed by atoms with Crippen LogP contribution < -0.4 is 0 Å². The predicted octanol–water partition coefficient (Wildman–Crippen LogP) is 2.39. The number of sulfone groups is 1. The molecule has 12 heavy (non-hydrogen) atoms. The molecule has 74 valence electrons. The van der Waals surface area contributed by atoms with Gasteiger partial charge in [0.25, 0.3) is 0 Å². The number of rotatable bonds is 5. The standard InChI is InChI=1S/C9H20O2S/c1-5-9(6-2,7-3)12(10,11)8-4/h5-8H2,1-4H3. The van der Waals surface area contributed by atoms with Gasteiger partial charge in [-0.15, -0.1) is 0 Å². The summed E-state index contributed by atoms with van der Waals surface area (Å²) in [5.74, 6) is 0.266. The highest BCUT2D eigenvalue weighted by molar-refractivity contribution is 7.92. The molecule has 0 radical (unpaired) electrons. The molecule has 0 aromatic heterocycles. The summed E-state index contributed by atoms with van der Waals surface area (Å²) in [5.41, 5.74) is 0. The summed E-state index contributed by atoms with van der Waals surface area (Å²) in [5, 5.41) is 0. The average molecular weight is 192 g/mol. The fraction of sp³-hybridized carbons (Fsp3) is 1.00. The molecule has 0 aliphatic rings. The highest BCUT2D eigenvalue weighted by Gasteiger charge is 2.36. The van der Waals surface area contributed by atoms with Crippen LogP contribution in [0.4, 0.5) is 0 Å². The van der Waals surface area contributed by atoms with Gasteiger partial charge in [0, 0.05) is 5.75 Å². The van der Waals surface area contributed by atoms with Crippen molar-refractivity contribution in [1.82, 2.24) is 0 Å². The van der Waals surface area contributed by atoms with Crippen LogP contribution in [0.25, 0.3) is 0 Å². The van der Waals surface area contributed by atoms with Crippen molar-refractivity contribution >= 4 is 9.84 Å². The predicted molar refractivity (Wildman–Crippen MR) is 53.1 cm³/mol. The molecule has 0 amide bonds. The van der Waals surface area contributed by atoms with Crippen LogP contribution in [0.15, 0.2) is 0 Å². The lowest BCUT2D eigenvalue weighted by Crippen LogP contribution is -2.37. The maximum Gasteiger partial charge on any atom is 0.155 e. The molecule has 2 nitrogen and oxygen atoms in total. The first kappa shape index (κ1) is 11.9. The Hall–Kier alpha value is -0.0500. The third kappa shape index (κ3) is 1.82. The van der Waals surface area contributed by atoms with E-state index in [0.29, 0.717) is 0 Å². The van der Waals surface area contributed by atoms with Crippen LogP contribution in [-0.2, 0) is 9.84 Å². The van der Waals surface area contributed by atoms with Gasteiger partial charge in [-0.3, -0.25) is 0 Å². The Kier molecular flexibility index (Phi) is 4.24. The van der Waals surface area contributed by atoms with Crippen LogP contribution >= 0.6 is 0 Å². The lowest BCUT2D eigenvalue weighted by atomic mass is 9.99. The van der Waals surface area contributed by atoms with E-state index in [1.54, 1.807) is 6.92 Å². The molecule has 0 rings (SSSR count). The van der Waals surface area contributed by atoms with Gasteiger partial charge in [0.1, 0.15) is 0 Å². The number of hydrogen-bond acceptors (Lipinski definition) is 2. The van der Waals surface area contributed by atoms with Gasteiger partial charge in [-0.25, -0.2) is 8.42 Å². The van der Waals surface area contributed by atoms with E-state index in [9.17, 15) is 8.42 Å². The maximum absolute atomic E-state index is 11.7. The number of hydrogen-bond donors (Lipinski definition) is 0. The van der Waals surface area contributed by atoms with Crippen molar-refractivity contribution in [3.8, 4) is 0 Å². The molecule has 0 spiro atoms. The van der Waals surface area contributed by atoms with Crippen LogP contribution in [0, 0.1) is 0 Å². The summed E-state index contributed by atoms with van der Waals surface area (Å²) in [4.78, 5) is 0. The van der Waals surface area contributed by atoms with Crippen LogP contribution in [0.3, 0.4) is 0 Å². The summed E-state index contributed by atoms with van der Waals surface area (Å²) in [6, 6.07) is 0. The molecule has 0 N–H and O–H groups in total. The van der Waals surface area contributed by atoms with Crippen molar-refractivity contribution in [2.24, 2.45) is 0 Å². The van der Waals surface area contributed by atoms with Gasteiger partial charge in [0.05, 0.1) is 4.75 Å². The zero-order chi connectivity index (χ0) is 9.83. The van der Waals surface area contributed by atoms with Crippen molar-refractivity contribution in [2.45, 2.75) is 51.7 Å². The van der Waals surface area contributed by atoms with Crippen LogP contribution in [0.5, 0.6) is 0 Å². The highest BCUT2D eigenvalue weighted by Crippen LogP contribution is 2.29. The van der Waals surface area contributed by atoms with Gasteiger partial charge in [-0.05, 0) is 19.3 Å². The van der Waals surface area contributed by atoms with Crippen molar-refractivity contribution < 1.29 is 8.42 Å². The zero-order valence-electron chi connectivity index (χ0n) is 8.55. The molecule has 0 unspecified atom stereocenters. The summed E-state index contributed by atoms with van der Waals surface area (Å²) < 4.78 is 23.0. The second-order valence-corrected chi connectivity index (χ2v) is 5.82. The summed E-state index contributed by atoms with van der Waals surface area (Å²) in [6.45, 7) is 7.60. The third-order valence-electron chi connectivity index (χ3n) is 2.97. The van der Waals surface area contributed by atoms with E-state index in [0.717, 1.165) is 19.3 Å². The monoisotopic (exact) mass is 192 g/mol. The molecule has 0 aliphatic carbocycles. The van der Waals surface area contributed by atoms with Gasteiger partial charge >= 0.3 is 0 Å². The first-order chi connectivity index (χ1) is 5.49. The Morgan fingerprint density at radius 1 is 0.917 bits per heavy atom. The van der Waals surface area contributed by atoms with E-state index in [2.05, 4.69) is 0 Å². The molecule has 0 aliphatic heterocycles. The van der Waals surface area contributed by atoms with Gasteiger partial charge < -0.3 is 0 Å². The van der Waals surface area contributed by atoms with E-state index in [4.69, 9.17) is 0 Å². The summed E-state index contributed by atoms with van der Waals surface area (Å²) >= 11 is 0. The molecule has 3 heteroatoms. The minimum atomic E-state index is -2.87. The lowest BCUT2D eigenvalue weighted by molar-refractivity contribution is 0.469. The highest BCUT2D eigenvalue weighted by atomic mass is 32.2. The molecule has 0 saturated heterocycles. The lowest BCUT2D eigenvalue weighted by Gasteiger charge is -2.29. The molecule has 0 atom stereocenters. The first-order valence-electron chi connectivity index (χ1n) is 4.72. The Labute approximate surface area is 76.3 Å². The van der Waals surface area contributed by atoms with E-state index >= 15 is 0 Å². The van der Waals surface area contributed by atoms with Gasteiger partial charge in [-0.1, -0.05) is 27.7 Å². The molecular formula is C9H20O2S. The third-order valence-corrected chi connectivity index (χ3v) is 5.92. The van der Waals surface area contributed by atoms with Gasteiger partial charge in [0.2, 0.25) is 0 Å². The Morgan fingerprint density at radius 3 is 1.33 bits per heavy atom. The van der Waals surface area contributed by atoms with Gasteiger partial charge in [-0.2, -0.15) is 0 Å². The SMILES string of the molecule is CCC(CC)(CC)S(=O)(=O)CC. The van der Waals surface area contributed by atoms with Gasteiger partial charge in [0.15, 0.2) is 9.84 Å². The molecule has 0 aromatic carbocycles. The molecular weight excluding hydrogens is 172 g/mol. The van der Waals surface area contributed by atoms with E-state index < -0.39 is 14.6 Å². The Morgan fingerprint density at radius 2 is 1.25 bits per heavy atom. The Balaban J connectivity index is 4.97. The maximum atomic E-state index is 11.7. The second-order valence-electron chi connectivity index (χ2n) is 3.15. The summed E-state index contributed by atoms with van der Waals surface area (Å²) in [6.07, 6.45) is 2.20. The minimum absolute atomic E-state index is 0.266. The zero-order valence-corrected chi connectivity index (χ0v) is 9.37. The fourth-order valence-corrected chi connectivity index (χ4v) is 3.65. The quantitative estimate of drug-likeness (QED) is 0.670. The van der Waals surface area contributed by atoms with Crippen molar-refractivity contribution in [3.63, 3.8) is 0 Å². The topological polar surface area (TPSA) is 34.1 Å². The summed E-state index contributed by atoms with van der Waals surface area (Å²) in [7, 11) is -2.87. The van der Waals surface area contributed by atoms with E-state index in [-0.39, 0.29) is 5.75 Å². The minimum Gasteiger partial charge on any atom is -0.228 e. The van der Waals surface area contributed by atoms with Crippen molar-refractivity contribution in [2.75, 3.05) is 5.75 Å². The molecule has 0 saturated carbocycles. The second kappa shape index (κ2) is 4.26. The Bertz CT molecular complexity index is 204. The molecule has 0 heterocycles. The smallest absolute Gasteiger partial charge is 0.155 e. The molecule has 0 fully saturated rings. The van der Waals surface area contributed by atoms with Crippen LogP contribution in [0.1, 0.15) is 47.0 Å². The van der Waals surface area contributed by atoms with Crippen LogP contribution in [0.2, 0.25) is 0 Å². The molecule has 0 bridgehead atoms. The first-order valence-corrected chi connectivity index (χ1v) is 6.37. The van der Waals surface area contributed by atoms with Crippen molar-refractivity contribution in [1.29, 1.82) is 0 Å². The van der Waals surface area contributed by atoms with Crippen LogP contribution in [-0.4, -0.2) is 18.9 Å². The fourth-order valence-electron chi connectivity index (χ4n) is 1.72. The molecule has 0 aromatic rings. The van der Waals surface area contributed by atoms with E-state index in [1.165, 1.54) is 0 Å². The van der Waals surface area contributed by atoms with E-state index in [1.807, 2.05) is 20.8 Å². The normalized spacial score (nSPS) is 13.3.